The van der Waals surface area contributed by atoms with E-state index in [0.29, 0.717) is 11.3 Å². The standard InChI is InChI=1S/C23H27N3O7/c1-25(2)12-6-5-9-7-10-8-11-16(26(3)4)19(29)15(22(24)32)21(31)23(11,33)20(30)14(10)18(28)13(9)17(12)27/h5-6,10-11,16,27,29-30,33H,7-8H2,1-4H3,(H2,24,32)/t10-,11-,16-,23-/m0/s1. The monoisotopic (exact) mass is 457 g/mol. The lowest BCUT2D eigenvalue weighted by Gasteiger charge is -2.50. The largest absolute Gasteiger partial charge is 0.510 e. The summed E-state index contributed by atoms with van der Waals surface area (Å²) in [6, 6.07) is 2.42. The molecule has 0 unspecified atom stereocenters. The SMILES string of the molecule is CN(C)c1ccc2c(c1O)C(=O)C1=C(O)[C@]3(O)C(=O)C(C(N)=O)=C(O)[C@@H](N(C)C)[C@@H]3C[C@@H]1C2. The number of amides is 1. The summed E-state index contributed by atoms with van der Waals surface area (Å²) < 4.78 is 0. The summed E-state index contributed by atoms with van der Waals surface area (Å²) in [5, 5.41) is 44.2. The Hall–Kier alpha value is -3.37. The Morgan fingerprint density at radius 1 is 1.12 bits per heavy atom. The Morgan fingerprint density at radius 2 is 1.76 bits per heavy atom. The van der Waals surface area contributed by atoms with Gasteiger partial charge >= 0.3 is 0 Å². The third-order valence-corrected chi connectivity index (χ3v) is 7.06. The van der Waals surface area contributed by atoms with Crippen molar-refractivity contribution in [3.8, 4) is 5.75 Å². The maximum atomic E-state index is 13.5. The number of carbonyl (C=O) groups is 3. The first-order chi connectivity index (χ1) is 15.3. The zero-order valence-corrected chi connectivity index (χ0v) is 18.8. The van der Waals surface area contributed by atoms with Gasteiger partial charge in [-0.2, -0.15) is 0 Å². The van der Waals surface area contributed by atoms with E-state index in [2.05, 4.69) is 0 Å². The van der Waals surface area contributed by atoms with Crippen molar-refractivity contribution in [3.05, 3.63) is 45.9 Å². The third kappa shape index (κ3) is 2.90. The number of phenolic OH excluding ortho intramolecular Hbond substituents is 1. The summed E-state index contributed by atoms with van der Waals surface area (Å²) in [6.45, 7) is 0. The first kappa shape index (κ1) is 22.8. The van der Waals surface area contributed by atoms with Gasteiger partial charge in [-0.3, -0.25) is 19.3 Å². The van der Waals surface area contributed by atoms with Gasteiger partial charge in [0.2, 0.25) is 5.78 Å². The number of ketones is 2. The topological polar surface area (TPSA) is 165 Å². The van der Waals surface area contributed by atoms with Crippen LogP contribution in [0.15, 0.2) is 34.8 Å². The highest BCUT2D eigenvalue weighted by Crippen LogP contribution is 2.52. The molecule has 10 nitrogen and oxygen atoms in total. The Balaban J connectivity index is 1.95. The number of aliphatic hydroxyl groups is 3. The lowest BCUT2D eigenvalue weighted by molar-refractivity contribution is -0.148. The number of aliphatic hydroxyl groups excluding tert-OH is 2. The van der Waals surface area contributed by atoms with Crippen LogP contribution in [0, 0.1) is 11.8 Å². The molecule has 3 aliphatic rings. The summed E-state index contributed by atoms with van der Waals surface area (Å²) >= 11 is 0. The molecule has 0 fully saturated rings. The number of nitrogens with two attached hydrogens (primary N) is 1. The van der Waals surface area contributed by atoms with Gasteiger partial charge < -0.3 is 31.1 Å². The summed E-state index contributed by atoms with van der Waals surface area (Å²) in [5.41, 5.74) is 2.69. The maximum absolute atomic E-state index is 13.5. The van der Waals surface area contributed by atoms with Gasteiger partial charge in [-0.25, -0.2) is 0 Å². The molecule has 0 heterocycles. The quantitative estimate of drug-likeness (QED) is 0.398. The van der Waals surface area contributed by atoms with Crippen LogP contribution >= 0.6 is 0 Å². The molecule has 1 aromatic rings. The number of nitrogens with zero attached hydrogens (tertiary/aromatic N) is 2. The van der Waals surface area contributed by atoms with Gasteiger partial charge in [0.25, 0.3) is 5.91 Å². The number of rotatable bonds is 3. The minimum atomic E-state index is -2.63. The van der Waals surface area contributed by atoms with Crippen molar-refractivity contribution in [2.24, 2.45) is 17.6 Å². The Labute approximate surface area is 190 Å². The number of primary amides is 1. The van der Waals surface area contributed by atoms with Crippen LogP contribution in [0.5, 0.6) is 5.75 Å². The molecule has 0 spiro atoms. The van der Waals surface area contributed by atoms with Gasteiger partial charge in [0.05, 0.1) is 17.3 Å². The second-order valence-corrected chi connectivity index (χ2v) is 9.32. The third-order valence-electron chi connectivity index (χ3n) is 7.06. The van der Waals surface area contributed by atoms with Crippen molar-refractivity contribution < 1.29 is 34.8 Å². The van der Waals surface area contributed by atoms with Gasteiger partial charge in [0, 0.05) is 25.6 Å². The number of hydrogen-bond acceptors (Lipinski definition) is 9. The van der Waals surface area contributed by atoms with Crippen LogP contribution in [0.4, 0.5) is 5.69 Å². The minimum absolute atomic E-state index is 0.00184. The number of hydrogen-bond donors (Lipinski definition) is 5. The number of allylic oxidation sites excluding steroid dienone is 1. The molecule has 1 amide bonds. The molecule has 0 saturated heterocycles. The molecule has 6 N–H and O–H groups in total. The van der Waals surface area contributed by atoms with Crippen LogP contribution in [0.3, 0.4) is 0 Å². The number of Topliss-reactive ketones (excluding diaryl/α,β-unsaturated/α-hetero) is 2. The van der Waals surface area contributed by atoms with E-state index in [9.17, 15) is 34.8 Å². The van der Waals surface area contributed by atoms with Crippen LogP contribution in [0.2, 0.25) is 0 Å². The van der Waals surface area contributed by atoms with Crippen LogP contribution < -0.4 is 10.6 Å². The molecular formula is C23H27N3O7. The van der Waals surface area contributed by atoms with E-state index < -0.39 is 58.0 Å². The average molecular weight is 457 g/mol. The highest BCUT2D eigenvalue weighted by Gasteiger charge is 2.63. The first-order valence-corrected chi connectivity index (χ1v) is 10.5. The highest BCUT2D eigenvalue weighted by molar-refractivity contribution is 6.24. The first-order valence-electron chi connectivity index (χ1n) is 10.5. The van der Waals surface area contributed by atoms with Crippen molar-refractivity contribution in [1.29, 1.82) is 0 Å². The van der Waals surface area contributed by atoms with Crippen molar-refractivity contribution in [2.75, 3.05) is 33.1 Å². The molecule has 3 aliphatic carbocycles. The molecule has 0 aromatic heterocycles. The molecule has 33 heavy (non-hydrogen) atoms. The molecule has 0 bridgehead atoms. The second kappa shape index (κ2) is 7.32. The van der Waals surface area contributed by atoms with Gasteiger partial charge in [0.15, 0.2) is 11.4 Å². The van der Waals surface area contributed by atoms with E-state index >= 15 is 0 Å². The number of phenols is 1. The number of aromatic hydroxyl groups is 1. The minimum Gasteiger partial charge on any atom is -0.510 e. The van der Waals surface area contributed by atoms with Crippen molar-refractivity contribution in [1.82, 2.24) is 4.90 Å². The smallest absolute Gasteiger partial charge is 0.255 e. The fraction of sp³-hybridized carbons (Fsp3) is 0.435. The van der Waals surface area contributed by atoms with Crippen LogP contribution in [0.1, 0.15) is 22.3 Å². The number of benzene rings is 1. The molecule has 1 aromatic carbocycles. The molecule has 0 aliphatic heterocycles. The fourth-order valence-corrected chi connectivity index (χ4v) is 5.58. The van der Waals surface area contributed by atoms with E-state index in [1.807, 2.05) is 0 Å². The van der Waals surface area contributed by atoms with E-state index in [1.54, 1.807) is 45.2 Å². The Morgan fingerprint density at radius 3 is 2.30 bits per heavy atom. The number of fused-ring (bicyclic) bond motifs is 3. The van der Waals surface area contributed by atoms with Crippen molar-refractivity contribution in [3.63, 3.8) is 0 Å². The molecule has 0 radical (unpaired) electrons. The Bertz CT molecular complexity index is 1170. The summed E-state index contributed by atoms with van der Waals surface area (Å²) in [4.78, 5) is 41.8. The van der Waals surface area contributed by atoms with Crippen molar-refractivity contribution in [2.45, 2.75) is 24.5 Å². The molecule has 4 atom stereocenters. The van der Waals surface area contributed by atoms with Crippen molar-refractivity contribution >= 4 is 23.2 Å². The van der Waals surface area contributed by atoms with Gasteiger partial charge in [-0.15, -0.1) is 0 Å². The molecule has 0 saturated carbocycles. The predicted octanol–water partition coefficient (Wildman–Crippen LogP) is 0.187. The van der Waals surface area contributed by atoms with E-state index in [1.165, 1.54) is 4.90 Å². The molecule has 4 rings (SSSR count). The summed E-state index contributed by atoms with van der Waals surface area (Å²) in [7, 11) is 6.59. The lowest BCUT2D eigenvalue weighted by atomic mass is 9.58. The Kier molecular flexibility index (Phi) is 5.06. The summed E-state index contributed by atoms with van der Waals surface area (Å²) in [5.74, 6) is -6.49. The summed E-state index contributed by atoms with van der Waals surface area (Å²) in [6.07, 6.45) is 0.345. The average Bonchev–Trinajstić information content (AvgIpc) is 2.70. The lowest BCUT2D eigenvalue weighted by Crippen LogP contribution is -2.63. The molecule has 10 heteroatoms. The van der Waals surface area contributed by atoms with Crippen LogP contribution in [-0.4, -0.2) is 82.6 Å². The highest BCUT2D eigenvalue weighted by atomic mass is 16.3. The number of likely N-dealkylation sites (N-methyl/N-ethyl adjacent to an activating group) is 1. The fourth-order valence-electron chi connectivity index (χ4n) is 5.58. The van der Waals surface area contributed by atoms with Crippen LogP contribution in [0.25, 0.3) is 0 Å². The number of carbonyl (C=O) groups excluding carboxylic acids is 3. The normalized spacial score (nSPS) is 29.1. The van der Waals surface area contributed by atoms with Crippen LogP contribution in [-0.2, 0) is 16.0 Å². The van der Waals surface area contributed by atoms with Gasteiger partial charge in [-0.05, 0) is 44.5 Å². The number of anilines is 1. The van der Waals surface area contributed by atoms with E-state index in [0.717, 1.165) is 0 Å². The zero-order valence-electron chi connectivity index (χ0n) is 18.8. The second-order valence-electron chi connectivity index (χ2n) is 9.32. The predicted molar refractivity (Wildman–Crippen MR) is 118 cm³/mol. The zero-order chi connectivity index (χ0) is 24.6. The van der Waals surface area contributed by atoms with E-state index in [-0.39, 0.29) is 29.7 Å². The van der Waals surface area contributed by atoms with Gasteiger partial charge in [-0.1, -0.05) is 6.07 Å². The van der Waals surface area contributed by atoms with Gasteiger partial charge in [0.1, 0.15) is 22.8 Å². The molecular weight excluding hydrogens is 430 g/mol. The molecule has 176 valence electrons. The maximum Gasteiger partial charge on any atom is 0.255 e. The van der Waals surface area contributed by atoms with E-state index in [4.69, 9.17) is 5.73 Å².